The number of benzene rings is 1. The highest BCUT2D eigenvalue weighted by Gasteiger charge is 2.32. The van der Waals surface area contributed by atoms with Crippen LogP contribution in [-0.2, 0) is 9.53 Å². The van der Waals surface area contributed by atoms with Crippen LogP contribution in [0.2, 0.25) is 5.02 Å². The second kappa shape index (κ2) is 13.3. The molecule has 1 aromatic carbocycles. The van der Waals surface area contributed by atoms with E-state index in [1.807, 2.05) is 31.7 Å². The summed E-state index contributed by atoms with van der Waals surface area (Å²) >= 11 is 5.94. The number of rotatable bonds is 6. The summed E-state index contributed by atoms with van der Waals surface area (Å²) in [5.41, 5.74) is 1.38. The summed E-state index contributed by atoms with van der Waals surface area (Å²) in [7, 11) is 0. The van der Waals surface area contributed by atoms with E-state index in [1.54, 1.807) is 24.3 Å². The van der Waals surface area contributed by atoms with Gasteiger partial charge in [0.2, 0.25) is 5.91 Å². The number of ketones is 1. The predicted octanol–water partition coefficient (Wildman–Crippen LogP) is 5.36. The van der Waals surface area contributed by atoms with E-state index < -0.39 is 11.7 Å². The second-order valence-electron chi connectivity index (χ2n) is 12.4. The van der Waals surface area contributed by atoms with Crippen LogP contribution in [0, 0.1) is 17.8 Å². The number of amides is 2. The summed E-state index contributed by atoms with van der Waals surface area (Å²) in [6.07, 6.45) is 5.45. The molecular weight excluding hydrogens is 528 g/mol. The molecule has 40 heavy (non-hydrogen) atoms. The van der Waals surface area contributed by atoms with Crippen LogP contribution in [0.5, 0.6) is 0 Å². The van der Waals surface area contributed by atoms with Crippen LogP contribution >= 0.6 is 11.6 Å². The summed E-state index contributed by atoms with van der Waals surface area (Å²) in [5.74, 6) is 1.64. The number of carbonyl (C=O) groups is 3. The SMILES string of the molecule is CC1CN=C(NC(=O)OC(C)(C)C)C=C1CN1CCC(C(=O)N2CCC(CC(=O)c3ccc(Cl)cc3)CC2)CC1. The van der Waals surface area contributed by atoms with Crippen molar-refractivity contribution in [2.45, 2.75) is 65.4 Å². The normalized spacial score (nSPS) is 21.4. The average molecular weight is 571 g/mol. The Kier molecular flexibility index (Phi) is 10.1. The zero-order valence-corrected chi connectivity index (χ0v) is 25.0. The number of nitrogens with zero attached hydrogens (tertiary/aromatic N) is 3. The third-order valence-electron chi connectivity index (χ3n) is 8.03. The number of nitrogens with one attached hydrogen (secondary N) is 1. The fourth-order valence-electron chi connectivity index (χ4n) is 5.63. The molecule has 0 spiro atoms. The van der Waals surface area contributed by atoms with Crippen LogP contribution in [0.1, 0.15) is 70.2 Å². The molecule has 3 aliphatic rings. The van der Waals surface area contributed by atoms with Crippen LogP contribution in [0.15, 0.2) is 40.9 Å². The number of likely N-dealkylation sites (tertiary alicyclic amines) is 2. The van der Waals surface area contributed by atoms with Gasteiger partial charge in [-0.2, -0.15) is 0 Å². The summed E-state index contributed by atoms with van der Waals surface area (Å²) in [4.78, 5) is 47.0. The van der Waals surface area contributed by atoms with Gasteiger partial charge in [0.1, 0.15) is 11.4 Å². The molecule has 0 aliphatic carbocycles. The lowest BCUT2D eigenvalue weighted by molar-refractivity contribution is -0.138. The molecule has 3 aliphatic heterocycles. The monoisotopic (exact) mass is 570 g/mol. The molecule has 0 saturated carbocycles. The molecule has 1 unspecified atom stereocenters. The first kappa shape index (κ1) is 30.3. The smallest absolute Gasteiger partial charge is 0.413 e. The molecule has 2 amide bonds. The van der Waals surface area contributed by atoms with Crippen molar-refractivity contribution in [3.8, 4) is 0 Å². The van der Waals surface area contributed by atoms with Gasteiger partial charge in [-0.05, 0) is 107 Å². The van der Waals surface area contributed by atoms with Gasteiger partial charge in [0.15, 0.2) is 5.78 Å². The topological polar surface area (TPSA) is 91.3 Å². The Bertz CT molecular complexity index is 1120. The number of amidine groups is 1. The quantitative estimate of drug-likeness (QED) is 0.465. The van der Waals surface area contributed by atoms with E-state index in [2.05, 4.69) is 22.1 Å². The summed E-state index contributed by atoms with van der Waals surface area (Å²) in [6, 6.07) is 7.08. The number of aliphatic imine (C=N–C) groups is 1. The lowest BCUT2D eigenvalue weighted by atomic mass is 9.88. The number of Topliss-reactive ketones (excluding diaryl/α,β-unsaturated/α-hetero) is 1. The first-order chi connectivity index (χ1) is 19.0. The Hall–Kier alpha value is -2.71. The third kappa shape index (κ3) is 8.64. The van der Waals surface area contributed by atoms with Crippen molar-refractivity contribution in [2.24, 2.45) is 22.7 Å². The standard InChI is InChI=1S/C31H43ClN4O4/c1-21-19-33-28(34-30(39)40-31(2,3)4)18-25(21)20-35-13-11-24(12-14-35)29(38)36-15-9-22(10-16-36)17-27(37)23-5-7-26(32)8-6-23/h5-8,18,21-22,24H,9-17,19-20H2,1-4H3,(H,33,34,39). The van der Waals surface area contributed by atoms with Crippen molar-refractivity contribution in [2.75, 3.05) is 39.3 Å². The number of alkyl carbamates (subject to hydrolysis) is 1. The zero-order valence-electron chi connectivity index (χ0n) is 24.2. The van der Waals surface area contributed by atoms with Gasteiger partial charge in [0.05, 0.1) is 0 Å². The fraction of sp³-hybridized carbons (Fsp3) is 0.613. The second-order valence-corrected chi connectivity index (χ2v) is 12.9. The maximum atomic E-state index is 13.3. The lowest BCUT2D eigenvalue weighted by Gasteiger charge is -2.38. The van der Waals surface area contributed by atoms with Gasteiger partial charge in [-0.15, -0.1) is 0 Å². The molecule has 9 heteroatoms. The minimum Gasteiger partial charge on any atom is -0.444 e. The first-order valence-electron chi connectivity index (χ1n) is 14.5. The molecule has 4 rings (SSSR count). The van der Waals surface area contributed by atoms with Crippen LogP contribution < -0.4 is 5.32 Å². The molecule has 8 nitrogen and oxygen atoms in total. The lowest BCUT2D eigenvalue weighted by Crippen LogP contribution is -2.46. The van der Waals surface area contributed by atoms with Crippen LogP contribution in [-0.4, -0.2) is 78.3 Å². The van der Waals surface area contributed by atoms with Crippen LogP contribution in [0.4, 0.5) is 4.79 Å². The van der Waals surface area contributed by atoms with E-state index in [1.165, 1.54) is 5.57 Å². The number of halogens is 1. The van der Waals surface area contributed by atoms with Crippen molar-refractivity contribution < 1.29 is 19.1 Å². The van der Waals surface area contributed by atoms with Gasteiger partial charge in [0.25, 0.3) is 0 Å². The Morgan fingerprint density at radius 3 is 2.30 bits per heavy atom. The molecule has 0 bridgehead atoms. The number of hydrogen-bond donors (Lipinski definition) is 1. The van der Waals surface area contributed by atoms with Gasteiger partial charge < -0.3 is 9.64 Å². The predicted molar refractivity (Wildman–Crippen MR) is 158 cm³/mol. The van der Waals surface area contributed by atoms with Gasteiger partial charge in [0, 0.05) is 49.1 Å². The highest BCUT2D eigenvalue weighted by atomic mass is 35.5. The average Bonchev–Trinajstić information content (AvgIpc) is 2.90. The number of carbonyl (C=O) groups excluding carboxylic acids is 3. The van der Waals surface area contributed by atoms with Crippen molar-refractivity contribution in [1.29, 1.82) is 0 Å². The minimum atomic E-state index is -0.562. The number of dihydropyridines is 1. The van der Waals surface area contributed by atoms with Crippen molar-refractivity contribution in [3.63, 3.8) is 0 Å². The molecule has 218 valence electrons. The number of piperidine rings is 2. The van der Waals surface area contributed by atoms with Gasteiger partial charge >= 0.3 is 6.09 Å². The molecule has 0 radical (unpaired) electrons. The van der Waals surface area contributed by atoms with E-state index in [-0.39, 0.29) is 17.6 Å². The van der Waals surface area contributed by atoms with E-state index in [9.17, 15) is 14.4 Å². The molecule has 1 atom stereocenters. The molecule has 2 saturated heterocycles. The van der Waals surface area contributed by atoms with Crippen molar-refractivity contribution in [1.82, 2.24) is 15.1 Å². The number of ether oxygens (including phenoxy) is 1. The highest BCUT2D eigenvalue weighted by molar-refractivity contribution is 6.30. The Morgan fingerprint density at radius 2 is 1.68 bits per heavy atom. The van der Waals surface area contributed by atoms with E-state index in [4.69, 9.17) is 16.3 Å². The first-order valence-corrected chi connectivity index (χ1v) is 14.9. The van der Waals surface area contributed by atoms with E-state index >= 15 is 0 Å². The highest BCUT2D eigenvalue weighted by Crippen LogP contribution is 2.27. The minimum absolute atomic E-state index is 0.0622. The summed E-state index contributed by atoms with van der Waals surface area (Å²) in [6.45, 7) is 12.3. The Morgan fingerprint density at radius 1 is 1.02 bits per heavy atom. The van der Waals surface area contributed by atoms with Crippen molar-refractivity contribution in [3.05, 3.63) is 46.5 Å². The largest absolute Gasteiger partial charge is 0.444 e. The number of hydrogen-bond acceptors (Lipinski definition) is 6. The van der Waals surface area contributed by atoms with Gasteiger partial charge in [-0.25, -0.2) is 4.79 Å². The maximum Gasteiger partial charge on any atom is 0.413 e. The molecule has 1 N–H and O–H groups in total. The van der Waals surface area contributed by atoms with Crippen LogP contribution in [0.25, 0.3) is 0 Å². The molecule has 1 aromatic rings. The van der Waals surface area contributed by atoms with Gasteiger partial charge in [-0.3, -0.25) is 24.8 Å². The molecule has 2 fully saturated rings. The summed E-state index contributed by atoms with van der Waals surface area (Å²) < 4.78 is 5.36. The van der Waals surface area contributed by atoms with Crippen LogP contribution in [0.3, 0.4) is 0 Å². The Labute approximate surface area is 243 Å². The van der Waals surface area contributed by atoms with E-state index in [0.717, 1.165) is 58.4 Å². The summed E-state index contributed by atoms with van der Waals surface area (Å²) in [5, 5.41) is 3.40. The van der Waals surface area contributed by atoms with Crippen molar-refractivity contribution >= 4 is 35.2 Å². The third-order valence-corrected chi connectivity index (χ3v) is 8.28. The molecule has 0 aromatic heterocycles. The van der Waals surface area contributed by atoms with E-state index in [0.29, 0.717) is 41.2 Å². The van der Waals surface area contributed by atoms with Gasteiger partial charge in [-0.1, -0.05) is 18.5 Å². The maximum absolute atomic E-state index is 13.3. The Balaban J connectivity index is 1.20. The molecule has 3 heterocycles. The zero-order chi connectivity index (χ0) is 28.9. The fourth-order valence-corrected chi connectivity index (χ4v) is 5.76. The molecular formula is C31H43ClN4O4.